The summed E-state index contributed by atoms with van der Waals surface area (Å²) in [5.41, 5.74) is 0. The average Bonchev–Trinajstić information content (AvgIpc) is 2.41. The van der Waals surface area contributed by atoms with Gasteiger partial charge in [-0.2, -0.15) is 0 Å². The Kier molecular flexibility index (Phi) is 4.97. The topological polar surface area (TPSA) is 37.4 Å². The molecule has 1 heterocycles. The predicted molar refractivity (Wildman–Crippen MR) is 64.1 cm³/mol. The molecule has 1 aliphatic rings. The minimum absolute atomic E-state index is 0.0110. The lowest BCUT2D eigenvalue weighted by molar-refractivity contribution is -0.134. The second-order valence-corrected chi connectivity index (χ2v) is 5.19. The van der Waals surface area contributed by atoms with E-state index in [4.69, 9.17) is 0 Å². The van der Waals surface area contributed by atoms with Gasteiger partial charge in [-0.1, -0.05) is 13.8 Å². The summed E-state index contributed by atoms with van der Waals surface area (Å²) in [7, 11) is 0. The molecule has 0 aromatic rings. The molecular formula is C13H23NO2. The Morgan fingerprint density at radius 1 is 1.25 bits per heavy atom. The number of ketones is 1. The fraction of sp³-hybridized carbons (Fsp3) is 0.846. The molecule has 1 amide bonds. The Morgan fingerprint density at radius 2 is 1.94 bits per heavy atom. The summed E-state index contributed by atoms with van der Waals surface area (Å²) in [5, 5.41) is 0. The van der Waals surface area contributed by atoms with E-state index >= 15 is 0 Å². The van der Waals surface area contributed by atoms with Crippen molar-refractivity contribution in [3.63, 3.8) is 0 Å². The second kappa shape index (κ2) is 6.02. The van der Waals surface area contributed by atoms with Gasteiger partial charge in [0.15, 0.2) is 0 Å². The molecule has 1 rings (SSSR count). The van der Waals surface area contributed by atoms with Crippen LogP contribution in [0.1, 0.15) is 46.5 Å². The van der Waals surface area contributed by atoms with Crippen molar-refractivity contribution < 1.29 is 9.59 Å². The molecule has 1 fully saturated rings. The standard InChI is InChI=1S/C13H23NO2/c1-10(2)12-5-4-7-14(8-6-12)13(16)9-11(3)15/h10,12H,4-9H2,1-3H3. The SMILES string of the molecule is CC(=O)CC(=O)N1CCCC(C(C)C)CC1. The Bertz CT molecular complexity index is 261. The van der Waals surface area contributed by atoms with E-state index < -0.39 is 0 Å². The minimum atomic E-state index is -0.0327. The molecule has 0 aromatic carbocycles. The molecule has 3 nitrogen and oxygen atoms in total. The van der Waals surface area contributed by atoms with E-state index in [2.05, 4.69) is 13.8 Å². The van der Waals surface area contributed by atoms with Crippen LogP contribution in [0.2, 0.25) is 0 Å². The lowest BCUT2D eigenvalue weighted by Gasteiger charge is -2.21. The molecule has 0 radical (unpaired) electrons. The van der Waals surface area contributed by atoms with E-state index in [0.29, 0.717) is 5.92 Å². The molecule has 0 aromatic heterocycles. The summed E-state index contributed by atoms with van der Waals surface area (Å²) in [6.45, 7) is 7.63. The molecule has 1 saturated heterocycles. The highest BCUT2D eigenvalue weighted by Gasteiger charge is 2.22. The molecule has 0 saturated carbocycles. The van der Waals surface area contributed by atoms with Crippen LogP contribution < -0.4 is 0 Å². The van der Waals surface area contributed by atoms with Crippen LogP contribution in [0.15, 0.2) is 0 Å². The number of rotatable bonds is 3. The molecule has 1 unspecified atom stereocenters. The van der Waals surface area contributed by atoms with Crippen LogP contribution in [-0.2, 0) is 9.59 Å². The first-order chi connectivity index (χ1) is 7.50. The lowest BCUT2D eigenvalue weighted by Crippen LogP contribution is -2.33. The van der Waals surface area contributed by atoms with E-state index in [9.17, 15) is 9.59 Å². The third-order valence-corrected chi connectivity index (χ3v) is 3.47. The van der Waals surface area contributed by atoms with Gasteiger partial charge >= 0.3 is 0 Å². The normalized spacial score (nSPS) is 22.0. The Hall–Kier alpha value is -0.860. The maximum atomic E-state index is 11.7. The van der Waals surface area contributed by atoms with Gasteiger partial charge in [-0.25, -0.2) is 0 Å². The monoisotopic (exact) mass is 225 g/mol. The van der Waals surface area contributed by atoms with Crippen molar-refractivity contribution in [2.75, 3.05) is 13.1 Å². The molecular weight excluding hydrogens is 202 g/mol. The summed E-state index contributed by atoms with van der Waals surface area (Å²) in [5.74, 6) is 1.41. The van der Waals surface area contributed by atoms with Crippen LogP contribution in [0.25, 0.3) is 0 Å². The van der Waals surface area contributed by atoms with E-state index in [1.54, 1.807) is 0 Å². The van der Waals surface area contributed by atoms with Crippen LogP contribution in [0.4, 0.5) is 0 Å². The maximum Gasteiger partial charge on any atom is 0.230 e. The second-order valence-electron chi connectivity index (χ2n) is 5.19. The highest BCUT2D eigenvalue weighted by molar-refractivity contribution is 5.96. The van der Waals surface area contributed by atoms with Crippen LogP contribution >= 0.6 is 0 Å². The van der Waals surface area contributed by atoms with Gasteiger partial charge in [0.05, 0.1) is 6.42 Å². The molecule has 92 valence electrons. The van der Waals surface area contributed by atoms with Crippen molar-refractivity contribution in [1.82, 2.24) is 4.90 Å². The Labute approximate surface area is 98.2 Å². The lowest BCUT2D eigenvalue weighted by atomic mass is 9.89. The van der Waals surface area contributed by atoms with Crippen molar-refractivity contribution >= 4 is 11.7 Å². The smallest absolute Gasteiger partial charge is 0.230 e. The molecule has 0 spiro atoms. The number of amides is 1. The molecule has 1 aliphatic heterocycles. The number of likely N-dealkylation sites (tertiary alicyclic amines) is 1. The minimum Gasteiger partial charge on any atom is -0.342 e. The zero-order chi connectivity index (χ0) is 12.1. The average molecular weight is 225 g/mol. The van der Waals surface area contributed by atoms with Crippen molar-refractivity contribution in [3.05, 3.63) is 0 Å². The zero-order valence-electron chi connectivity index (χ0n) is 10.7. The number of nitrogens with zero attached hydrogens (tertiary/aromatic N) is 1. The van der Waals surface area contributed by atoms with Gasteiger partial charge in [0.25, 0.3) is 0 Å². The van der Waals surface area contributed by atoms with Crippen molar-refractivity contribution in [3.8, 4) is 0 Å². The molecule has 0 N–H and O–H groups in total. The molecule has 0 aliphatic carbocycles. The molecule has 3 heteroatoms. The van der Waals surface area contributed by atoms with Gasteiger partial charge in [0.1, 0.15) is 5.78 Å². The van der Waals surface area contributed by atoms with Gasteiger partial charge in [-0.15, -0.1) is 0 Å². The van der Waals surface area contributed by atoms with Crippen molar-refractivity contribution in [2.45, 2.75) is 46.5 Å². The van der Waals surface area contributed by atoms with Crippen LogP contribution in [-0.4, -0.2) is 29.7 Å². The number of Topliss-reactive ketones (excluding diaryl/α,β-unsaturated/α-hetero) is 1. The van der Waals surface area contributed by atoms with Crippen molar-refractivity contribution in [1.29, 1.82) is 0 Å². The number of carbonyl (C=O) groups is 2. The van der Waals surface area contributed by atoms with E-state index in [0.717, 1.165) is 31.8 Å². The Morgan fingerprint density at radius 3 is 2.50 bits per heavy atom. The summed E-state index contributed by atoms with van der Waals surface area (Å²) in [6, 6.07) is 0. The van der Waals surface area contributed by atoms with Gasteiger partial charge < -0.3 is 4.90 Å². The summed E-state index contributed by atoms with van der Waals surface area (Å²) in [4.78, 5) is 24.5. The fourth-order valence-electron chi connectivity index (χ4n) is 2.36. The number of hydrogen-bond acceptors (Lipinski definition) is 2. The van der Waals surface area contributed by atoms with Crippen LogP contribution in [0, 0.1) is 11.8 Å². The van der Waals surface area contributed by atoms with Crippen molar-refractivity contribution in [2.24, 2.45) is 11.8 Å². The number of hydrogen-bond donors (Lipinski definition) is 0. The quantitative estimate of drug-likeness (QED) is 0.691. The molecule has 0 bridgehead atoms. The third-order valence-electron chi connectivity index (χ3n) is 3.47. The zero-order valence-corrected chi connectivity index (χ0v) is 10.7. The largest absolute Gasteiger partial charge is 0.342 e. The van der Waals surface area contributed by atoms with Gasteiger partial charge in [0.2, 0.25) is 5.91 Å². The first kappa shape index (κ1) is 13.2. The van der Waals surface area contributed by atoms with Crippen LogP contribution in [0.3, 0.4) is 0 Å². The van der Waals surface area contributed by atoms with E-state index in [1.807, 2.05) is 4.90 Å². The first-order valence-corrected chi connectivity index (χ1v) is 6.28. The van der Waals surface area contributed by atoms with Gasteiger partial charge in [-0.05, 0) is 38.0 Å². The van der Waals surface area contributed by atoms with Crippen LogP contribution in [0.5, 0.6) is 0 Å². The number of carbonyl (C=O) groups excluding carboxylic acids is 2. The predicted octanol–water partition coefficient (Wildman–Crippen LogP) is 2.25. The molecule has 16 heavy (non-hydrogen) atoms. The fourth-order valence-corrected chi connectivity index (χ4v) is 2.36. The Balaban J connectivity index is 2.46. The first-order valence-electron chi connectivity index (χ1n) is 6.28. The highest BCUT2D eigenvalue weighted by atomic mass is 16.2. The molecule has 1 atom stereocenters. The summed E-state index contributed by atoms with van der Waals surface area (Å²) in [6.07, 6.45) is 3.45. The van der Waals surface area contributed by atoms with E-state index in [-0.39, 0.29) is 18.1 Å². The van der Waals surface area contributed by atoms with Gasteiger partial charge in [0, 0.05) is 13.1 Å². The third kappa shape index (κ3) is 3.95. The highest BCUT2D eigenvalue weighted by Crippen LogP contribution is 2.24. The maximum absolute atomic E-state index is 11.7. The van der Waals surface area contributed by atoms with E-state index in [1.165, 1.54) is 13.3 Å². The summed E-state index contributed by atoms with van der Waals surface area (Å²) < 4.78 is 0. The summed E-state index contributed by atoms with van der Waals surface area (Å²) >= 11 is 0. The van der Waals surface area contributed by atoms with Gasteiger partial charge in [-0.3, -0.25) is 9.59 Å².